The summed E-state index contributed by atoms with van der Waals surface area (Å²) in [7, 11) is 0. The van der Waals surface area contributed by atoms with Crippen LogP contribution in [0.15, 0.2) is 36.4 Å². The first-order valence-corrected chi connectivity index (χ1v) is 8.49. The molecule has 1 saturated carbocycles. The van der Waals surface area contributed by atoms with E-state index in [2.05, 4.69) is 43.5 Å². The Kier molecular flexibility index (Phi) is 4.51. The highest BCUT2D eigenvalue weighted by molar-refractivity contribution is 5.61. The fraction of sp³-hybridized carbons (Fsp3) is 0.474. The molecule has 0 radical (unpaired) electrons. The topological polar surface area (TPSA) is 49.8 Å². The first kappa shape index (κ1) is 15.8. The number of anilines is 2. The molecule has 1 aliphatic rings. The largest absolute Gasteiger partial charge is 0.367 e. The predicted octanol–water partition coefficient (Wildman–Crippen LogP) is 4.71. The Bertz CT molecular complexity index is 640. The molecule has 0 aliphatic heterocycles. The van der Waals surface area contributed by atoms with Gasteiger partial charge in [-0.15, -0.1) is 0 Å². The second-order valence-corrected chi connectivity index (χ2v) is 7.33. The molecule has 2 N–H and O–H groups in total. The maximum atomic E-state index is 4.73. The molecule has 122 valence electrons. The number of nitrogens with zero attached hydrogens (tertiary/aromatic N) is 2. The molecule has 0 saturated heterocycles. The zero-order chi connectivity index (χ0) is 16.3. The summed E-state index contributed by atoms with van der Waals surface area (Å²) in [5.74, 6) is 2.55. The fourth-order valence-corrected chi connectivity index (χ4v) is 2.97. The highest BCUT2D eigenvalue weighted by Crippen LogP contribution is 2.25. The van der Waals surface area contributed by atoms with Crippen molar-refractivity contribution in [2.75, 3.05) is 10.6 Å². The third-order valence-electron chi connectivity index (χ3n) is 3.97. The lowest BCUT2D eigenvalue weighted by Crippen LogP contribution is -2.27. The Balaban J connectivity index is 1.92. The van der Waals surface area contributed by atoms with Crippen LogP contribution in [-0.4, -0.2) is 21.5 Å². The number of aromatic nitrogens is 2. The second-order valence-electron chi connectivity index (χ2n) is 7.33. The molecule has 1 aromatic carbocycles. The van der Waals surface area contributed by atoms with Crippen LogP contribution in [0.5, 0.6) is 0 Å². The Morgan fingerprint density at radius 2 is 1.61 bits per heavy atom. The van der Waals surface area contributed by atoms with Crippen molar-refractivity contribution in [3.8, 4) is 11.4 Å². The summed E-state index contributed by atoms with van der Waals surface area (Å²) in [5.41, 5.74) is 1.01. The average Bonchev–Trinajstić information content (AvgIpc) is 2.99. The third kappa shape index (κ3) is 4.44. The second kappa shape index (κ2) is 6.57. The van der Waals surface area contributed by atoms with Crippen LogP contribution in [0.3, 0.4) is 0 Å². The van der Waals surface area contributed by atoms with E-state index in [1.807, 2.05) is 24.3 Å². The zero-order valence-electron chi connectivity index (χ0n) is 14.3. The molecular formula is C19H26N4. The number of hydrogen-bond donors (Lipinski definition) is 2. The molecule has 4 heteroatoms. The van der Waals surface area contributed by atoms with Gasteiger partial charge in [-0.1, -0.05) is 43.2 Å². The van der Waals surface area contributed by atoms with Crippen LogP contribution in [0.4, 0.5) is 11.6 Å². The minimum absolute atomic E-state index is 0.0348. The summed E-state index contributed by atoms with van der Waals surface area (Å²) >= 11 is 0. The van der Waals surface area contributed by atoms with Gasteiger partial charge in [0.25, 0.3) is 0 Å². The minimum atomic E-state index is -0.0348. The van der Waals surface area contributed by atoms with E-state index in [0.29, 0.717) is 6.04 Å². The van der Waals surface area contributed by atoms with E-state index in [9.17, 15) is 0 Å². The first-order chi connectivity index (χ1) is 11.0. The van der Waals surface area contributed by atoms with Gasteiger partial charge in [0.15, 0.2) is 5.82 Å². The summed E-state index contributed by atoms with van der Waals surface area (Å²) in [4.78, 5) is 9.44. The minimum Gasteiger partial charge on any atom is -0.367 e. The zero-order valence-corrected chi connectivity index (χ0v) is 14.3. The molecule has 1 heterocycles. The number of hydrogen-bond acceptors (Lipinski definition) is 4. The average molecular weight is 310 g/mol. The van der Waals surface area contributed by atoms with E-state index < -0.39 is 0 Å². The Labute approximate surface area is 138 Å². The van der Waals surface area contributed by atoms with Gasteiger partial charge in [0, 0.05) is 23.2 Å². The smallest absolute Gasteiger partial charge is 0.163 e. The Hall–Kier alpha value is -2.10. The summed E-state index contributed by atoms with van der Waals surface area (Å²) in [6.45, 7) is 6.42. The van der Waals surface area contributed by atoms with Crippen LogP contribution >= 0.6 is 0 Å². The van der Waals surface area contributed by atoms with Crippen LogP contribution in [0.2, 0.25) is 0 Å². The lowest BCUT2D eigenvalue weighted by atomic mass is 10.1. The van der Waals surface area contributed by atoms with Gasteiger partial charge in [0.1, 0.15) is 11.6 Å². The van der Waals surface area contributed by atoms with Gasteiger partial charge in [-0.2, -0.15) is 0 Å². The SMILES string of the molecule is CC(C)(C)Nc1cc(NC2CCCC2)nc(-c2ccccc2)n1. The fourth-order valence-electron chi connectivity index (χ4n) is 2.97. The van der Waals surface area contributed by atoms with Crippen molar-refractivity contribution in [2.45, 2.75) is 58.0 Å². The van der Waals surface area contributed by atoms with E-state index in [1.54, 1.807) is 0 Å². The van der Waals surface area contributed by atoms with Gasteiger partial charge in [0.05, 0.1) is 0 Å². The van der Waals surface area contributed by atoms with Gasteiger partial charge >= 0.3 is 0 Å². The van der Waals surface area contributed by atoms with E-state index in [-0.39, 0.29) is 5.54 Å². The summed E-state index contributed by atoms with van der Waals surface area (Å²) < 4.78 is 0. The van der Waals surface area contributed by atoms with Gasteiger partial charge in [-0.05, 0) is 33.6 Å². The van der Waals surface area contributed by atoms with Crippen molar-refractivity contribution in [3.63, 3.8) is 0 Å². The van der Waals surface area contributed by atoms with Gasteiger partial charge < -0.3 is 10.6 Å². The summed E-state index contributed by atoms with van der Waals surface area (Å²) in [5, 5.41) is 7.05. The molecular weight excluding hydrogens is 284 g/mol. The molecule has 1 aliphatic carbocycles. The standard InChI is InChI=1S/C19H26N4/c1-19(2,3)23-17-13-16(20-15-11-7-8-12-15)21-18(22-17)14-9-5-4-6-10-14/h4-6,9-10,13,15H,7-8,11-12H2,1-3H3,(H2,20,21,22,23). The number of rotatable bonds is 4. The maximum Gasteiger partial charge on any atom is 0.163 e. The van der Waals surface area contributed by atoms with Crippen molar-refractivity contribution in [2.24, 2.45) is 0 Å². The van der Waals surface area contributed by atoms with Crippen molar-refractivity contribution in [1.29, 1.82) is 0 Å². The van der Waals surface area contributed by atoms with Gasteiger partial charge in [-0.25, -0.2) is 9.97 Å². The summed E-state index contributed by atoms with van der Waals surface area (Å²) in [6.07, 6.45) is 5.07. The molecule has 0 atom stereocenters. The predicted molar refractivity (Wildman–Crippen MR) is 96.7 cm³/mol. The molecule has 0 unspecified atom stereocenters. The molecule has 4 nitrogen and oxygen atoms in total. The highest BCUT2D eigenvalue weighted by atomic mass is 15.1. The molecule has 1 fully saturated rings. The quantitative estimate of drug-likeness (QED) is 0.858. The van der Waals surface area contributed by atoms with Crippen molar-refractivity contribution >= 4 is 11.6 Å². The van der Waals surface area contributed by atoms with Crippen LogP contribution in [0, 0.1) is 0 Å². The van der Waals surface area contributed by atoms with E-state index in [0.717, 1.165) is 23.0 Å². The normalized spacial score (nSPS) is 15.6. The van der Waals surface area contributed by atoms with Crippen LogP contribution < -0.4 is 10.6 Å². The van der Waals surface area contributed by atoms with Crippen LogP contribution in [-0.2, 0) is 0 Å². The van der Waals surface area contributed by atoms with Crippen molar-refractivity contribution in [3.05, 3.63) is 36.4 Å². The molecule has 2 aromatic rings. The third-order valence-corrected chi connectivity index (χ3v) is 3.97. The lowest BCUT2D eigenvalue weighted by Gasteiger charge is -2.22. The number of benzene rings is 1. The molecule has 0 bridgehead atoms. The van der Waals surface area contributed by atoms with Gasteiger partial charge in [-0.3, -0.25) is 0 Å². The lowest BCUT2D eigenvalue weighted by molar-refractivity contribution is 0.630. The molecule has 1 aromatic heterocycles. The molecule has 23 heavy (non-hydrogen) atoms. The Morgan fingerprint density at radius 3 is 2.26 bits per heavy atom. The molecule has 3 rings (SSSR count). The van der Waals surface area contributed by atoms with Crippen LogP contribution in [0.1, 0.15) is 46.5 Å². The maximum absolute atomic E-state index is 4.73. The monoisotopic (exact) mass is 310 g/mol. The van der Waals surface area contributed by atoms with Gasteiger partial charge in [0.2, 0.25) is 0 Å². The van der Waals surface area contributed by atoms with E-state index in [1.165, 1.54) is 25.7 Å². The first-order valence-electron chi connectivity index (χ1n) is 8.49. The number of nitrogens with one attached hydrogen (secondary N) is 2. The molecule has 0 amide bonds. The molecule has 0 spiro atoms. The van der Waals surface area contributed by atoms with E-state index in [4.69, 9.17) is 9.97 Å². The summed E-state index contributed by atoms with van der Waals surface area (Å²) in [6, 6.07) is 12.7. The van der Waals surface area contributed by atoms with E-state index >= 15 is 0 Å². The van der Waals surface area contributed by atoms with Crippen molar-refractivity contribution in [1.82, 2.24) is 9.97 Å². The van der Waals surface area contributed by atoms with Crippen molar-refractivity contribution < 1.29 is 0 Å². The highest BCUT2D eigenvalue weighted by Gasteiger charge is 2.17. The van der Waals surface area contributed by atoms with Crippen LogP contribution in [0.25, 0.3) is 11.4 Å². The Morgan fingerprint density at radius 1 is 0.957 bits per heavy atom.